The number of piperidine rings is 1. The summed E-state index contributed by atoms with van der Waals surface area (Å²) in [6.07, 6.45) is 1.09. The Morgan fingerprint density at radius 2 is 1.77 bits per heavy atom. The van der Waals surface area contributed by atoms with Crippen LogP contribution in [0.4, 0.5) is 0 Å². The number of amides is 2. The third-order valence-electron chi connectivity index (χ3n) is 6.01. The molecule has 0 bridgehead atoms. The Bertz CT molecular complexity index is 1160. The molecule has 7 nitrogen and oxygen atoms in total. The van der Waals surface area contributed by atoms with Crippen LogP contribution in [0.2, 0.25) is 0 Å². The molecule has 0 unspecified atom stereocenters. The number of benzene rings is 2. The predicted molar refractivity (Wildman–Crippen MR) is 115 cm³/mol. The highest BCUT2D eigenvalue weighted by Crippen LogP contribution is 2.33. The van der Waals surface area contributed by atoms with E-state index in [0.29, 0.717) is 42.8 Å². The van der Waals surface area contributed by atoms with Gasteiger partial charge in [-0.25, -0.2) is 4.68 Å². The van der Waals surface area contributed by atoms with Crippen molar-refractivity contribution in [2.45, 2.75) is 32.4 Å². The summed E-state index contributed by atoms with van der Waals surface area (Å²) in [5.41, 5.74) is 3.38. The molecule has 0 radical (unpaired) electrons. The molecule has 2 aliphatic heterocycles. The first-order chi connectivity index (χ1) is 14.9. The van der Waals surface area contributed by atoms with E-state index in [2.05, 4.69) is 10.4 Å². The topological polar surface area (TPSA) is 76.5 Å². The molecule has 2 amide bonds. The lowest BCUT2D eigenvalue weighted by Crippen LogP contribution is -2.61. The van der Waals surface area contributed by atoms with Gasteiger partial charge in [0, 0.05) is 37.2 Å². The minimum atomic E-state index is -0.748. The van der Waals surface area contributed by atoms with Crippen LogP contribution in [0, 0.1) is 13.8 Å². The molecular weight excluding hydrogens is 392 g/mol. The van der Waals surface area contributed by atoms with Crippen LogP contribution in [0.1, 0.15) is 44.9 Å². The highest BCUT2D eigenvalue weighted by Gasteiger charge is 2.43. The molecular formula is C24H24N4O3. The van der Waals surface area contributed by atoms with Gasteiger partial charge in [-0.2, -0.15) is 5.10 Å². The van der Waals surface area contributed by atoms with Crippen LogP contribution < -0.4 is 10.1 Å². The Hall–Kier alpha value is -3.61. The first-order valence-corrected chi connectivity index (χ1v) is 10.5. The molecule has 31 heavy (non-hydrogen) atoms. The third-order valence-corrected chi connectivity index (χ3v) is 6.01. The summed E-state index contributed by atoms with van der Waals surface area (Å²) in [6, 6.07) is 16.8. The fourth-order valence-corrected chi connectivity index (χ4v) is 4.37. The van der Waals surface area contributed by atoms with Crippen LogP contribution in [0.25, 0.3) is 5.69 Å². The molecule has 0 aliphatic carbocycles. The van der Waals surface area contributed by atoms with E-state index in [1.165, 1.54) is 0 Å². The predicted octanol–water partition coefficient (Wildman–Crippen LogP) is 3.24. The number of aromatic nitrogens is 2. The quantitative estimate of drug-likeness (QED) is 0.696. The Morgan fingerprint density at radius 3 is 2.45 bits per heavy atom. The van der Waals surface area contributed by atoms with Gasteiger partial charge in [-0.05, 0) is 56.3 Å². The zero-order valence-electron chi connectivity index (χ0n) is 17.6. The second-order valence-corrected chi connectivity index (χ2v) is 8.22. The highest BCUT2D eigenvalue weighted by molar-refractivity contribution is 5.98. The number of fused-ring (bicyclic) bond motifs is 1. The zero-order chi connectivity index (χ0) is 21.6. The minimum Gasteiger partial charge on any atom is -0.467 e. The average molecular weight is 416 g/mol. The highest BCUT2D eigenvalue weighted by atomic mass is 16.5. The number of nitrogens with one attached hydrogen (secondary N) is 1. The standard InChI is InChI=1S/C24H24N4O3/c1-16-15-17(2)28(26-16)19-9-7-18(8-10-19)23(30)27-13-11-24(12-14-27)25-22(29)20-5-3-4-6-21(20)31-24/h3-10,15H,11-14H2,1-2H3,(H,25,29). The van der Waals surface area contributed by atoms with Crippen molar-refractivity contribution in [3.05, 3.63) is 77.1 Å². The van der Waals surface area contributed by atoms with Crippen LogP contribution in [-0.4, -0.2) is 45.3 Å². The van der Waals surface area contributed by atoms with E-state index in [1.54, 1.807) is 6.07 Å². The van der Waals surface area contributed by atoms with Crippen molar-refractivity contribution >= 4 is 11.8 Å². The van der Waals surface area contributed by atoms with Gasteiger partial charge in [0.2, 0.25) is 0 Å². The molecule has 1 saturated heterocycles. The van der Waals surface area contributed by atoms with Crippen LogP contribution in [0.5, 0.6) is 5.75 Å². The van der Waals surface area contributed by atoms with Gasteiger partial charge < -0.3 is 15.0 Å². The van der Waals surface area contributed by atoms with E-state index in [1.807, 2.05) is 72.0 Å². The molecule has 0 atom stereocenters. The van der Waals surface area contributed by atoms with E-state index < -0.39 is 5.72 Å². The maximum atomic E-state index is 13.0. The van der Waals surface area contributed by atoms with Crippen molar-refractivity contribution in [3.63, 3.8) is 0 Å². The van der Waals surface area contributed by atoms with Gasteiger partial charge >= 0.3 is 0 Å². The number of aryl methyl sites for hydroxylation is 2. The number of carbonyl (C=O) groups excluding carboxylic acids is 2. The number of rotatable bonds is 2. The summed E-state index contributed by atoms with van der Waals surface area (Å²) >= 11 is 0. The first kappa shape index (κ1) is 19.4. The van der Waals surface area contributed by atoms with Gasteiger partial charge in [0.1, 0.15) is 5.75 Å². The van der Waals surface area contributed by atoms with E-state index in [-0.39, 0.29) is 11.8 Å². The fraction of sp³-hybridized carbons (Fsp3) is 0.292. The van der Waals surface area contributed by atoms with Gasteiger partial charge in [-0.3, -0.25) is 9.59 Å². The largest absolute Gasteiger partial charge is 0.467 e. The summed E-state index contributed by atoms with van der Waals surface area (Å²) in [6.45, 7) is 5.00. The lowest BCUT2D eigenvalue weighted by Gasteiger charge is -2.44. The Labute approximate surface area is 180 Å². The maximum Gasteiger partial charge on any atom is 0.258 e. The molecule has 158 valence electrons. The van der Waals surface area contributed by atoms with Gasteiger partial charge in [-0.1, -0.05) is 12.1 Å². The van der Waals surface area contributed by atoms with Gasteiger partial charge in [0.05, 0.1) is 16.9 Å². The number of hydrogen-bond acceptors (Lipinski definition) is 4. The van der Waals surface area contributed by atoms with Gasteiger partial charge in [-0.15, -0.1) is 0 Å². The monoisotopic (exact) mass is 416 g/mol. The number of carbonyl (C=O) groups is 2. The summed E-state index contributed by atoms with van der Waals surface area (Å²) in [4.78, 5) is 27.3. The molecule has 1 N–H and O–H groups in total. The summed E-state index contributed by atoms with van der Waals surface area (Å²) in [5.74, 6) is 0.462. The van der Waals surface area contributed by atoms with Crippen LogP contribution in [0.15, 0.2) is 54.6 Å². The average Bonchev–Trinajstić information content (AvgIpc) is 3.12. The molecule has 1 spiro atoms. The fourth-order valence-electron chi connectivity index (χ4n) is 4.37. The Morgan fingerprint density at radius 1 is 1.06 bits per heavy atom. The summed E-state index contributed by atoms with van der Waals surface area (Å²) in [7, 11) is 0. The normalized spacial score (nSPS) is 17.1. The van der Waals surface area contributed by atoms with Crippen molar-refractivity contribution in [2.75, 3.05) is 13.1 Å². The van der Waals surface area contributed by atoms with E-state index in [0.717, 1.165) is 17.1 Å². The van der Waals surface area contributed by atoms with Crippen molar-refractivity contribution < 1.29 is 14.3 Å². The molecule has 1 fully saturated rings. The van der Waals surface area contributed by atoms with E-state index >= 15 is 0 Å². The lowest BCUT2D eigenvalue weighted by atomic mass is 9.96. The van der Waals surface area contributed by atoms with Gasteiger partial charge in [0.15, 0.2) is 5.72 Å². The molecule has 0 saturated carbocycles. The molecule has 2 aliphatic rings. The number of para-hydroxylation sites is 1. The lowest BCUT2D eigenvalue weighted by molar-refractivity contribution is -0.0245. The van der Waals surface area contributed by atoms with Crippen LogP contribution >= 0.6 is 0 Å². The van der Waals surface area contributed by atoms with Crippen molar-refractivity contribution in [1.82, 2.24) is 20.0 Å². The number of likely N-dealkylation sites (tertiary alicyclic amines) is 1. The van der Waals surface area contributed by atoms with Crippen LogP contribution in [0.3, 0.4) is 0 Å². The van der Waals surface area contributed by atoms with Gasteiger partial charge in [0.25, 0.3) is 11.8 Å². The van der Waals surface area contributed by atoms with Crippen molar-refractivity contribution in [1.29, 1.82) is 0 Å². The molecule has 1 aromatic heterocycles. The molecule has 5 rings (SSSR count). The van der Waals surface area contributed by atoms with Crippen molar-refractivity contribution in [3.8, 4) is 11.4 Å². The number of ether oxygens (including phenoxy) is 1. The Kier molecular flexibility index (Phi) is 4.54. The zero-order valence-corrected chi connectivity index (χ0v) is 17.6. The molecule has 3 heterocycles. The molecule has 7 heteroatoms. The second kappa shape index (κ2) is 7.27. The Balaban J connectivity index is 1.27. The third kappa shape index (κ3) is 3.46. The van der Waals surface area contributed by atoms with Crippen molar-refractivity contribution in [2.24, 2.45) is 0 Å². The number of nitrogens with zero attached hydrogens (tertiary/aromatic N) is 3. The number of hydrogen-bond donors (Lipinski definition) is 1. The van der Waals surface area contributed by atoms with E-state index in [4.69, 9.17) is 4.74 Å². The smallest absolute Gasteiger partial charge is 0.258 e. The SMILES string of the molecule is Cc1cc(C)n(-c2ccc(C(=O)N3CCC4(CC3)NC(=O)c3ccccc3O4)cc2)n1. The first-order valence-electron chi connectivity index (χ1n) is 10.5. The van der Waals surface area contributed by atoms with E-state index in [9.17, 15) is 9.59 Å². The summed E-state index contributed by atoms with van der Waals surface area (Å²) in [5, 5.41) is 7.50. The second-order valence-electron chi connectivity index (χ2n) is 8.22. The maximum absolute atomic E-state index is 13.0. The summed E-state index contributed by atoms with van der Waals surface area (Å²) < 4.78 is 8.03. The molecule has 3 aromatic rings. The van der Waals surface area contributed by atoms with Crippen LogP contribution in [-0.2, 0) is 0 Å². The minimum absolute atomic E-state index is 0.0164. The molecule has 2 aromatic carbocycles.